The van der Waals surface area contributed by atoms with Gasteiger partial charge >= 0.3 is 17.9 Å². The Hall–Kier alpha value is -2.89. The third-order valence-electron chi connectivity index (χ3n) is 13.7. The van der Waals surface area contributed by atoms with Gasteiger partial charge in [0.2, 0.25) is 0 Å². The molecule has 0 aromatic heterocycles. The fourth-order valence-electron chi connectivity index (χ4n) is 8.97. The van der Waals surface area contributed by atoms with Gasteiger partial charge in [-0.25, -0.2) is 0 Å². The van der Waals surface area contributed by atoms with Gasteiger partial charge in [-0.3, -0.25) is 14.4 Å². The molecular weight excluding hydrogens is 889 g/mol. The lowest BCUT2D eigenvalue weighted by Gasteiger charge is -2.18. The van der Waals surface area contributed by atoms with Crippen molar-refractivity contribution in [1.82, 2.24) is 0 Å². The predicted octanol–water partition coefficient (Wildman–Crippen LogP) is 21.2. The molecule has 1 atom stereocenters. The zero-order valence-electron chi connectivity index (χ0n) is 47.9. The monoisotopic (exact) mass is 1010 g/mol. The number of carbonyl (C=O) groups is 3. The summed E-state index contributed by atoms with van der Waals surface area (Å²) in [5, 5.41) is 0. The van der Waals surface area contributed by atoms with Gasteiger partial charge in [-0.05, 0) is 109 Å². The SMILES string of the molecule is CCCCCCC/C=C\C/C=C\C/C=C\CCCCCCCCC(=O)OCC(COC(=O)CCCCCCC/C=C\CCCCCCCCC)OC(=O)CCCCCCCCC/C=C\CCCCCCCC. The minimum Gasteiger partial charge on any atom is -0.462 e. The molecule has 0 saturated carbocycles. The van der Waals surface area contributed by atoms with Crippen LogP contribution in [0.15, 0.2) is 60.8 Å². The van der Waals surface area contributed by atoms with Crippen molar-refractivity contribution in [1.29, 1.82) is 0 Å². The number of esters is 3. The molecule has 0 aliphatic rings. The topological polar surface area (TPSA) is 78.9 Å². The molecule has 0 bridgehead atoms. The van der Waals surface area contributed by atoms with Crippen molar-refractivity contribution in [3.05, 3.63) is 60.8 Å². The Morgan fingerprint density at radius 3 is 0.792 bits per heavy atom. The number of allylic oxidation sites excluding steroid dienone is 10. The van der Waals surface area contributed by atoms with Crippen LogP contribution in [0.4, 0.5) is 0 Å². The van der Waals surface area contributed by atoms with E-state index < -0.39 is 6.10 Å². The molecular formula is C66H118O6. The van der Waals surface area contributed by atoms with Crippen LogP contribution in [0.25, 0.3) is 0 Å². The van der Waals surface area contributed by atoms with Crippen LogP contribution in [-0.4, -0.2) is 37.2 Å². The van der Waals surface area contributed by atoms with Crippen molar-refractivity contribution < 1.29 is 28.6 Å². The zero-order valence-corrected chi connectivity index (χ0v) is 47.9. The highest BCUT2D eigenvalue weighted by Gasteiger charge is 2.19. The molecule has 0 spiro atoms. The molecule has 0 N–H and O–H groups in total. The van der Waals surface area contributed by atoms with Crippen LogP contribution in [0.1, 0.15) is 323 Å². The van der Waals surface area contributed by atoms with Gasteiger partial charge in [-0.1, -0.05) is 255 Å². The van der Waals surface area contributed by atoms with Gasteiger partial charge in [0.05, 0.1) is 0 Å². The largest absolute Gasteiger partial charge is 0.462 e. The quantitative estimate of drug-likeness (QED) is 0.0261. The summed E-state index contributed by atoms with van der Waals surface area (Å²) < 4.78 is 16.9. The Morgan fingerprint density at radius 2 is 0.500 bits per heavy atom. The van der Waals surface area contributed by atoms with Crippen molar-refractivity contribution in [2.45, 2.75) is 329 Å². The number of hydrogen-bond donors (Lipinski definition) is 0. The van der Waals surface area contributed by atoms with Crippen LogP contribution < -0.4 is 0 Å². The standard InChI is InChI=1S/C66H118O6/c1-4-7-10-13-16-19-22-25-28-31-32-33-34-36-38-41-44-47-50-53-56-59-65(68)71-62-63(61-70-64(67)58-55-52-49-46-43-40-37-30-27-24-21-18-15-12-9-6-3)72-66(69)60-57-54-51-48-45-42-39-35-29-26-23-20-17-14-11-8-5-2/h22,25-26,29-32,34,36-37,63H,4-21,23-24,27-28,33,35,38-62H2,1-3H3/b25-22-,29-26-,32-31-,36-34-,37-30-. The molecule has 418 valence electrons. The van der Waals surface area contributed by atoms with Crippen LogP contribution in [0.3, 0.4) is 0 Å². The summed E-state index contributed by atoms with van der Waals surface area (Å²) in [4.78, 5) is 38.3. The van der Waals surface area contributed by atoms with E-state index in [0.29, 0.717) is 19.3 Å². The van der Waals surface area contributed by atoms with Gasteiger partial charge in [0, 0.05) is 19.3 Å². The van der Waals surface area contributed by atoms with Gasteiger partial charge in [-0.2, -0.15) is 0 Å². The predicted molar refractivity (Wildman–Crippen MR) is 312 cm³/mol. The summed E-state index contributed by atoms with van der Waals surface area (Å²) in [6.45, 7) is 6.64. The van der Waals surface area contributed by atoms with Crippen molar-refractivity contribution in [2.24, 2.45) is 0 Å². The Balaban J connectivity index is 4.40. The van der Waals surface area contributed by atoms with Crippen LogP contribution in [-0.2, 0) is 28.6 Å². The Labute approximate surface area is 447 Å². The molecule has 6 nitrogen and oxygen atoms in total. The first kappa shape index (κ1) is 69.1. The molecule has 1 unspecified atom stereocenters. The number of hydrogen-bond acceptors (Lipinski definition) is 6. The summed E-state index contributed by atoms with van der Waals surface area (Å²) in [6, 6.07) is 0. The number of unbranched alkanes of at least 4 members (excludes halogenated alkanes) is 36. The molecule has 0 aliphatic carbocycles. The smallest absolute Gasteiger partial charge is 0.306 e. The lowest BCUT2D eigenvalue weighted by molar-refractivity contribution is -0.167. The summed E-state index contributed by atoms with van der Waals surface area (Å²) in [6.07, 6.45) is 76.4. The average molecular weight is 1010 g/mol. The maximum absolute atomic E-state index is 12.9. The highest BCUT2D eigenvalue weighted by Crippen LogP contribution is 2.16. The van der Waals surface area contributed by atoms with Crippen molar-refractivity contribution in [3.63, 3.8) is 0 Å². The maximum atomic E-state index is 12.9. The fraction of sp³-hybridized carbons (Fsp3) is 0.803. The van der Waals surface area contributed by atoms with E-state index in [1.807, 2.05) is 0 Å². The molecule has 0 fully saturated rings. The molecule has 0 amide bonds. The van der Waals surface area contributed by atoms with Gasteiger partial charge in [0.25, 0.3) is 0 Å². The summed E-state index contributed by atoms with van der Waals surface area (Å²) in [5.41, 5.74) is 0. The molecule has 0 aromatic rings. The zero-order chi connectivity index (χ0) is 52.2. The van der Waals surface area contributed by atoms with E-state index in [9.17, 15) is 14.4 Å². The summed E-state index contributed by atoms with van der Waals surface area (Å²) in [7, 11) is 0. The van der Waals surface area contributed by atoms with Gasteiger partial charge < -0.3 is 14.2 Å². The van der Waals surface area contributed by atoms with Gasteiger partial charge in [0.15, 0.2) is 6.10 Å². The van der Waals surface area contributed by atoms with Crippen LogP contribution in [0.2, 0.25) is 0 Å². The average Bonchev–Trinajstić information content (AvgIpc) is 3.38. The molecule has 72 heavy (non-hydrogen) atoms. The van der Waals surface area contributed by atoms with Crippen LogP contribution >= 0.6 is 0 Å². The molecule has 0 heterocycles. The van der Waals surface area contributed by atoms with Crippen molar-refractivity contribution >= 4 is 17.9 Å². The molecule has 0 radical (unpaired) electrons. The lowest BCUT2D eigenvalue weighted by atomic mass is 10.1. The van der Waals surface area contributed by atoms with E-state index in [2.05, 4.69) is 81.5 Å². The fourth-order valence-corrected chi connectivity index (χ4v) is 8.97. The lowest BCUT2D eigenvalue weighted by Crippen LogP contribution is -2.30. The third kappa shape index (κ3) is 58.0. The number of carbonyl (C=O) groups excluding carboxylic acids is 3. The summed E-state index contributed by atoms with van der Waals surface area (Å²) >= 11 is 0. The van der Waals surface area contributed by atoms with Crippen LogP contribution in [0, 0.1) is 0 Å². The first-order valence-electron chi connectivity index (χ1n) is 31.3. The highest BCUT2D eigenvalue weighted by molar-refractivity contribution is 5.71. The first-order valence-corrected chi connectivity index (χ1v) is 31.3. The molecule has 0 rings (SSSR count). The molecule has 0 aliphatic heterocycles. The Kier molecular flexibility index (Phi) is 58.2. The van der Waals surface area contributed by atoms with Gasteiger partial charge in [0.1, 0.15) is 13.2 Å². The van der Waals surface area contributed by atoms with E-state index in [1.165, 1.54) is 199 Å². The molecule has 6 heteroatoms. The Bertz CT molecular complexity index is 1290. The second kappa shape index (κ2) is 60.7. The maximum Gasteiger partial charge on any atom is 0.306 e. The second-order valence-electron chi connectivity index (χ2n) is 21.0. The van der Waals surface area contributed by atoms with Crippen molar-refractivity contribution in [2.75, 3.05) is 13.2 Å². The van der Waals surface area contributed by atoms with E-state index in [4.69, 9.17) is 14.2 Å². The van der Waals surface area contributed by atoms with E-state index in [-0.39, 0.29) is 31.1 Å². The second-order valence-corrected chi connectivity index (χ2v) is 21.0. The van der Waals surface area contributed by atoms with E-state index in [1.54, 1.807) is 0 Å². The molecule has 0 aromatic carbocycles. The first-order chi connectivity index (χ1) is 35.5. The number of rotatable bonds is 57. The van der Waals surface area contributed by atoms with Crippen molar-refractivity contribution in [3.8, 4) is 0 Å². The van der Waals surface area contributed by atoms with E-state index >= 15 is 0 Å². The minimum absolute atomic E-state index is 0.0832. The minimum atomic E-state index is -0.786. The Morgan fingerprint density at radius 1 is 0.278 bits per heavy atom. The normalized spacial score (nSPS) is 12.4. The summed E-state index contributed by atoms with van der Waals surface area (Å²) in [5.74, 6) is -0.893. The van der Waals surface area contributed by atoms with Crippen LogP contribution in [0.5, 0.6) is 0 Å². The molecule has 0 saturated heterocycles. The van der Waals surface area contributed by atoms with E-state index in [0.717, 1.165) is 83.5 Å². The number of ether oxygens (including phenoxy) is 3. The highest BCUT2D eigenvalue weighted by atomic mass is 16.6. The third-order valence-corrected chi connectivity index (χ3v) is 13.7. The van der Waals surface area contributed by atoms with Gasteiger partial charge in [-0.15, -0.1) is 0 Å².